The van der Waals surface area contributed by atoms with Gasteiger partial charge in [-0.2, -0.15) is 0 Å². The molecule has 0 radical (unpaired) electrons. The van der Waals surface area contributed by atoms with Crippen LogP contribution in [0, 0.1) is 0 Å². The number of hydrogen-bond donors (Lipinski definition) is 7. The number of carbonyl (C=O) groups is 3. The van der Waals surface area contributed by atoms with Gasteiger partial charge in [0.2, 0.25) is 6.29 Å². The smallest absolute Gasteiger partial charge is 0.308 e. The summed E-state index contributed by atoms with van der Waals surface area (Å²) in [4.78, 5) is 41.5. The first-order chi connectivity index (χ1) is 25.9. The maximum Gasteiger partial charge on any atom is 0.308 e. The number of rotatable bonds is 11. The van der Waals surface area contributed by atoms with E-state index < -0.39 is 60.6 Å². The molecule has 7 N–H and O–H groups in total. The summed E-state index contributed by atoms with van der Waals surface area (Å²) in [6, 6.07) is 16.4. The molecule has 282 valence electrons. The number of aromatic hydroxyl groups is 1. The van der Waals surface area contributed by atoms with Gasteiger partial charge in [-0.05, 0) is 59.4 Å². The number of ether oxygens (including phenoxy) is 3. The van der Waals surface area contributed by atoms with Crippen molar-refractivity contribution in [2.75, 3.05) is 6.61 Å². The minimum absolute atomic E-state index is 0.00228. The highest BCUT2D eigenvalue weighted by Crippen LogP contribution is 2.45. The molecular formula is C41H40O13. The molecule has 13 heteroatoms. The Morgan fingerprint density at radius 1 is 0.796 bits per heavy atom. The molecule has 1 fully saturated rings. The third-order valence-corrected chi connectivity index (χ3v) is 9.53. The highest BCUT2D eigenvalue weighted by atomic mass is 16.7. The van der Waals surface area contributed by atoms with E-state index >= 15 is 0 Å². The molecule has 6 rings (SSSR count). The average Bonchev–Trinajstić information content (AvgIpc) is 3.15. The number of aliphatic hydroxyl groups is 6. The van der Waals surface area contributed by atoms with Crippen molar-refractivity contribution in [2.45, 2.75) is 70.6 Å². The van der Waals surface area contributed by atoms with Crippen molar-refractivity contribution in [3.8, 4) is 17.2 Å². The molecule has 0 spiro atoms. The van der Waals surface area contributed by atoms with Gasteiger partial charge in [0.25, 0.3) is 0 Å². The number of carbonyl (C=O) groups excluding carboxylic acids is 3. The van der Waals surface area contributed by atoms with Gasteiger partial charge >= 0.3 is 5.97 Å². The van der Waals surface area contributed by atoms with Gasteiger partial charge in [-0.15, -0.1) is 0 Å². The van der Waals surface area contributed by atoms with Crippen molar-refractivity contribution >= 4 is 29.7 Å². The van der Waals surface area contributed by atoms with Crippen LogP contribution in [0.15, 0.2) is 60.7 Å². The normalized spacial score (nSPS) is 20.9. The minimum atomic E-state index is -1.76. The van der Waals surface area contributed by atoms with Crippen LogP contribution in [0.2, 0.25) is 0 Å². The molecule has 1 aliphatic carbocycles. The minimum Gasteiger partial charge on any atom is -0.507 e. The van der Waals surface area contributed by atoms with E-state index in [1.54, 1.807) is 42.5 Å². The highest BCUT2D eigenvalue weighted by molar-refractivity contribution is 6.31. The topological polar surface area (TPSA) is 221 Å². The Morgan fingerprint density at radius 2 is 1.52 bits per heavy atom. The molecule has 0 aromatic heterocycles. The molecule has 0 bridgehead atoms. The molecule has 4 aromatic rings. The lowest BCUT2D eigenvalue weighted by molar-refractivity contribution is -0.268. The second-order valence-electron chi connectivity index (χ2n) is 13.2. The van der Waals surface area contributed by atoms with Gasteiger partial charge in [-0.25, -0.2) is 0 Å². The van der Waals surface area contributed by atoms with E-state index in [0.717, 1.165) is 12.5 Å². The van der Waals surface area contributed by atoms with Crippen molar-refractivity contribution in [3.05, 3.63) is 122 Å². The zero-order valence-corrected chi connectivity index (χ0v) is 29.4. The fourth-order valence-electron chi connectivity index (χ4n) is 6.82. The number of phenols is 1. The van der Waals surface area contributed by atoms with Crippen LogP contribution in [0.25, 0.3) is 12.2 Å². The van der Waals surface area contributed by atoms with Crippen LogP contribution in [0.1, 0.15) is 84.6 Å². The Bertz CT molecular complexity index is 2140. The average molecular weight is 741 g/mol. The van der Waals surface area contributed by atoms with Crippen LogP contribution >= 0.6 is 0 Å². The second-order valence-corrected chi connectivity index (χ2v) is 13.2. The van der Waals surface area contributed by atoms with Gasteiger partial charge in [0, 0.05) is 47.8 Å². The van der Waals surface area contributed by atoms with E-state index in [9.17, 15) is 50.1 Å². The maximum atomic E-state index is 14.7. The Labute approximate surface area is 309 Å². The molecule has 54 heavy (non-hydrogen) atoms. The predicted octanol–water partition coefficient (Wildman–Crippen LogP) is 2.58. The first-order valence-electron chi connectivity index (χ1n) is 17.3. The summed E-state index contributed by atoms with van der Waals surface area (Å²) >= 11 is 0. The molecular weight excluding hydrogens is 700 g/mol. The number of ketones is 2. The van der Waals surface area contributed by atoms with E-state index in [1.807, 2.05) is 12.1 Å². The summed E-state index contributed by atoms with van der Waals surface area (Å²) in [5.41, 5.74) is 1.51. The molecule has 1 saturated heterocycles. The molecule has 4 aromatic carbocycles. The molecule has 5 unspecified atom stereocenters. The summed E-state index contributed by atoms with van der Waals surface area (Å²) in [7, 11) is 0. The van der Waals surface area contributed by atoms with Crippen molar-refractivity contribution in [3.63, 3.8) is 0 Å². The van der Waals surface area contributed by atoms with E-state index in [0.29, 0.717) is 23.1 Å². The summed E-state index contributed by atoms with van der Waals surface area (Å²) < 4.78 is 17.2. The number of phenolic OH excluding ortho intramolecular Hbond substituents is 1. The second kappa shape index (κ2) is 16.0. The fourth-order valence-corrected chi connectivity index (χ4v) is 6.82. The Balaban J connectivity index is 1.55. The standard InChI is InChI=1S/C41H40O13/c1-20-35(46)39(50)40(51)41(52-20)54-31-17-29-34(36(47)28(31)15-24-7-4-8-25(14-24)18-43)38(49)32-26(19-44)16-30(53-21(2)45)27(33(32)37(29)48)10-9-22-5-3-6-23(13-22)11-12-42/h3-10,13-14,16-17,20,35,39-44,46-47,50-51H,11-12,15,18-19H2,1-2H3. The maximum absolute atomic E-state index is 14.7. The number of benzene rings is 4. The number of aliphatic hydroxyl groups excluding tert-OH is 6. The lowest BCUT2D eigenvalue weighted by Crippen LogP contribution is -2.58. The monoisotopic (exact) mass is 740 g/mol. The summed E-state index contributed by atoms with van der Waals surface area (Å²) in [5.74, 6) is -3.27. The van der Waals surface area contributed by atoms with Crippen molar-refractivity contribution in [1.82, 2.24) is 0 Å². The Morgan fingerprint density at radius 3 is 2.22 bits per heavy atom. The Hall–Kier alpha value is -5.25. The summed E-state index contributed by atoms with van der Waals surface area (Å²) in [5, 5.41) is 73.1. The van der Waals surface area contributed by atoms with Gasteiger partial charge in [0.15, 0.2) is 11.6 Å². The van der Waals surface area contributed by atoms with Crippen LogP contribution < -0.4 is 9.47 Å². The molecule has 2 aliphatic rings. The van der Waals surface area contributed by atoms with Crippen molar-refractivity contribution in [2.24, 2.45) is 0 Å². The van der Waals surface area contributed by atoms with Crippen molar-refractivity contribution < 1.29 is 64.3 Å². The van der Waals surface area contributed by atoms with Crippen molar-refractivity contribution in [1.29, 1.82) is 0 Å². The van der Waals surface area contributed by atoms with Gasteiger partial charge in [-0.1, -0.05) is 54.6 Å². The molecule has 0 amide bonds. The Kier molecular flexibility index (Phi) is 11.4. The van der Waals surface area contributed by atoms with E-state index in [-0.39, 0.29) is 70.1 Å². The van der Waals surface area contributed by atoms with E-state index in [2.05, 4.69) is 0 Å². The quantitative estimate of drug-likeness (QED) is 0.0589. The SMILES string of the molecule is CC(=O)Oc1cc(CO)c2c(c1C=Cc1cccc(CCO)c1)C(=O)c1cc(OC3OC(C)C(O)C(O)C3O)c(Cc3cccc(CO)c3)c(O)c1C2=O. The van der Waals surface area contributed by atoms with Crippen LogP contribution in [0.4, 0.5) is 0 Å². The first-order valence-corrected chi connectivity index (χ1v) is 17.3. The van der Waals surface area contributed by atoms with Gasteiger partial charge in [0.05, 0.1) is 24.9 Å². The fraction of sp³-hybridized carbons (Fsp3) is 0.293. The third-order valence-electron chi connectivity index (χ3n) is 9.53. The van der Waals surface area contributed by atoms with Crippen LogP contribution in [-0.4, -0.2) is 90.6 Å². The predicted molar refractivity (Wildman–Crippen MR) is 193 cm³/mol. The lowest BCUT2D eigenvalue weighted by Gasteiger charge is -2.39. The molecule has 0 saturated carbocycles. The largest absolute Gasteiger partial charge is 0.507 e. The molecule has 13 nitrogen and oxygen atoms in total. The van der Waals surface area contributed by atoms with Gasteiger partial charge < -0.3 is 50.0 Å². The van der Waals surface area contributed by atoms with E-state index in [4.69, 9.17) is 14.2 Å². The molecule has 5 atom stereocenters. The lowest BCUT2D eigenvalue weighted by atomic mass is 9.77. The highest BCUT2D eigenvalue weighted by Gasteiger charge is 2.44. The van der Waals surface area contributed by atoms with Gasteiger partial charge in [-0.3, -0.25) is 14.4 Å². The number of hydrogen-bond acceptors (Lipinski definition) is 13. The number of esters is 1. The zero-order valence-electron chi connectivity index (χ0n) is 29.4. The third kappa shape index (κ3) is 7.43. The van der Waals surface area contributed by atoms with Crippen LogP contribution in [-0.2, 0) is 35.6 Å². The number of fused-ring (bicyclic) bond motifs is 2. The first kappa shape index (κ1) is 38.5. The molecule has 1 aliphatic heterocycles. The van der Waals surface area contributed by atoms with E-state index in [1.165, 1.54) is 25.1 Å². The summed E-state index contributed by atoms with van der Waals surface area (Å²) in [6.07, 6.45) is -4.02. The molecule has 1 heterocycles. The van der Waals surface area contributed by atoms with Crippen LogP contribution in [0.3, 0.4) is 0 Å². The van der Waals surface area contributed by atoms with Crippen LogP contribution in [0.5, 0.6) is 17.2 Å². The van der Waals surface area contributed by atoms with Gasteiger partial charge in [0.1, 0.15) is 35.6 Å². The zero-order chi connectivity index (χ0) is 38.8. The summed E-state index contributed by atoms with van der Waals surface area (Å²) in [6.45, 7) is 1.53.